The van der Waals surface area contributed by atoms with Crippen LogP contribution in [-0.2, 0) is 12.8 Å². The van der Waals surface area contributed by atoms with Gasteiger partial charge in [0.2, 0.25) is 0 Å². The molecule has 0 spiro atoms. The molecule has 0 aromatic heterocycles. The molecular weight excluding hydrogens is 528 g/mol. The highest BCUT2D eigenvalue weighted by atomic mass is 16.5. The second-order valence-corrected chi connectivity index (χ2v) is 12.0. The first kappa shape index (κ1) is 31.8. The number of aliphatic hydroxyl groups excluding tert-OH is 1. The maximum atomic E-state index is 12.9. The maximum absolute atomic E-state index is 12.9. The summed E-state index contributed by atoms with van der Waals surface area (Å²) < 4.78 is 11.7. The van der Waals surface area contributed by atoms with Crippen LogP contribution >= 0.6 is 0 Å². The number of ether oxygens (including phenoxy) is 2. The minimum absolute atomic E-state index is 0.0351. The molecule has 3 rings (SSSR count). The van der Waals surface area contributed by atoms with Gasteiger partial charge in [-0.05, 0) is 60.3 Å². The van der Waals surface area contributed by atoms with Crippen molar-refractivity contribution in [1.29, 1.82) is 0 Å². The molecule has 0 bridgehead atoms. The van der Waals surface area contributed by atoms with Gasteiger partial charge in [-0.2, -0.15) is 0 Å². The van der Waals surface area contributed by atoms with Crippen molar-refractivity contribution < 1.29 is 44.6 Å². The van der Waals surface area contributed by atoms with E-state index in [2.05, 4.69) is 0 Å². The molecule has 9 heteroatoms. The zero-order valence-corrected chi connectivity index (χ0v) is 25.3. The van der Waals surface area contributed by atoms with Gasteiger partial charge in [0.05, 0.1) is 13.2 Å². The van der Waals surface area contributed by atoms with E-state index >= 15 is 0 Å². The third-order valence-electron chi connectivity index (χ3n) is 7.66. The van der Waals surface area contributed by atoms with Crippen molar-refractivity contribution in [2.24, 2.45) is 5.92 Å². The van der Waals surface area contributed by atoms with Crippen LogP contribution in [0.2, 0.25) is 0 Å². The molecular formula is C32H42O9. The number of fused-ring (bicyclic) bond motifs is 1. The van der Waals surface area contributed by atoms with Crippen molar-refractivity contribution >= 4 is 11.6 Å². The van der Waals surface area contributed by atoms with Crippen LogP contribution in [0.25, 0.3) is 0 Å². The molecule has 0 radical (unpaired) electrons. The number of Topliss-reactive ketones (excluding diaryl/α,β-unsaturated/α-hetero) is 2. The average molecular weight is 571 g/mol. The zero-order valence-electron chi connectivity index (χ0n) is 25.3. The van der Waals surface area contributed by atoms with Gasteiger partial charge in [0.15, 0.2) is 11.6 Å². The van der Waals surface area contributed by atoms with E-state index in [1.54, 1.807) is 13.8 Å². The molecule has 0 amide bonds. The number of benzene rings is 2. The summed E-state index contributed by atoms with van der Waals surface area (Å²) in [7, 11) is 1.35. The minimum atomic E-state index is -1.14. The highest BCUT2D eigenvalue weighted by molar-refractivity contribution is 6.02. The molecule has 2 aromatic rings. The molecule has 2 atom stereocenters. The standard InChI is InChI=1S/C32H42O9/c1-14(2)10-11-18-26(36)24(29(39)23(17(6)34)30(18)40-9)19(12-15(3)4)25-28(38)22(16(5)33)27(37)20-13-21(35)32(7,8)41-31(20)25/h10,15,19,21,35-39H,11-13H2,1-9H3/t19-,21+/m0/s1. The SMILES string of the molecule is COc1c(CC=C(C)C)c(O)c([C@H](CC(C)C)c2c(O)c(C(C)=O)c(O)c3c2OC(C)(C)[C@H](O)C3)c(O)c1C(C)=O. The smallest absolute Gasteiger partial charge is 0.167 e. The van der Waals surface area contributed by atoms with Gasteiger partial charge < -0.3 is 35.0 Å². The van der Waals surface area contributed by atoms with Gasteiger partial charge in [-0.1, -0.05) is 25.5 Å². The molecule has 0 unspecified atom stereocenters. The van der Waals surface area contributed by atoms with Gasteiger partial charge in [0.1, 0.15) is 51.2 Å². The van der Waals surface area contributed by atoms with Crippen LogP contribution < -0.4 is 9.47 Å². The molecule has 1 heterocycles. The first-order chi connectivity index (χ1) is 19.0. The van der Waals surface area contributed by atoms with E-state index in [0.29, 0.717) is 0 Å². The van der Waals surface area contributed by atoms with Gasteiger partial charge in [-0.25, -0.2) is 0 Å². The first-order valence-electron chi connectivity index (χ1n) is 13.7. The maximum Gasteiger partial charge on any atom is 0.167 e. The zero-order chi connectivity index (χ0) is 31.1. The van der Waals surface area contributed by atoms with E-state index in [4.69, 9.17) is 9.47 Å². The molecule has 1 aliphatic rings. The van der Waals surface area contributed by atoms with Crippen molar-refractivity contribution in [1.82, 2.24) is 0 Å². The predicted molar refractivity (Wildman–Crippen MR) is 155 cm³/mol. The monoisotopic (exact) mass is 570 g/mol. The summed E-state index contributed by atoms with van der Waals surface area (Å²) in [5, 5.41) is 56.8. The van der Waals surface area contributed by atoms with Gasteiger partial charge in [-0.15, -0.1) is 0 Å². The summed E-state index contributed by atoms with van der Waals surface area (Å²) in [5.74, 6) is -3.99. The first-order valence-corrected chi connectivity index (χ1v) is 13.7. The molecule has 41 heavy (non-hydrogen) atoms. The summed E-state index contributed by atoms with van der Waals surface area (Å²) in [5.41, 5.74) is -0.223. The molecule has 224 valence electrons. The number of hydrogen-bond acceptors (Lipinski definition) is 9. The second kappa shape index (κ2) is 11.6. The van der Waals surface area contributed by atoms with Gasteiger partial charge in [-0.3, -0.25) is 9.59 Å². The lowest BCUT2D eigenvalue weighted by Crippen LogP contribution is -2.46. The van der Waals surface area contributed by atoms with Crippen LogP contribution in [0.4, 0.5) is 0 Å². The molecule has 0 saturated carbocycles. The Morgan fingerprint density at radius 2 is 1.51 bits per heavy atom. The normalized spacial score (nSPS) is 16.5. The highest BCUT2D eigenvalue weighted by Gasteiger charge is 2.43. The van der Waals surface area contributed by atoms with Crippen molar-refractivity contribution in [2.75, 3.05) is 7.11 Å². The number of rotatable bonds is 9. The van der Waals surface area contributed by atoms with Gasteiger partial charge in [0, 0.05) is 34.6 Å². The highest BCUT2D eigenvalue weighted by Crippen LogP contribution is 2.57. The topological polar surface area (TPSA) is 154 Å². The summed E-state index contributed by atoms with van der Waals surface area (Å²) in [6.45, 7) is 13.4. The fourth-order valence-electron chi connectivity index (χ4n) is 5.51. The van der Waals surface area contributed by atoms with Crippen LogP contribution in [0.15, 0.2) is 11.6 Å². The van der Waals surface area contributed by atoms with Crippen LogP contribution in [0.5, 0.6) is 34.5 Å². The molecule has 0 fully saturated rings. The molecule has 0 aliphatic carbocycles. The predicted octanol–water partition coefficient (Wildman–Crippen LogP) is 5.68. The lowest BCUT2D eigenvalue weighted by Gasteiger charge is -2.40. The van der Waals surface area contributed by atoms with Crippen LogP contribution in [0.3, 0.4) is 0 Å². The number of carbonyl (C=O) groups excluding carboxylic acids is 2. The van der Waals surface area contributed by atoms with E-state index in [9.17, 15) is 35.1 Å². The Balaban J connectivity index is 2.58. The molecule has 5 N–H and O–H groups in total. The minimum Gasteiger partial charge on any atom is -0.507 e. The van der Waals surface area contributed by atoms with Gasteiger partial charge >= 0.3 is 0 Å². The fraction of sp³-hybridized carbons (Fsp3) is 0.500. The number of carbonyl (C=O) groups is 2. The Morgan fingerprint density at radius 3 is 2.00 bits per heavy atom. The quantitative estimate of drug-likeness (QED) is 0.189. The van der Waals surface area contributed by atoms with Crippen molar-refractivity contribution in [2.45, 2.75) is 92.3 Å². The Labute approximate surface area is 241 Å². The molecule has 2 aromatic carbocycles. The average Bonchev–Trinajstić information content (AvgIpc) is 2.83. The lowest BCUT2D eigenvalue weighted by molar-refractivity contribution is -0.0426. The Bertz CT molecular complexity index is 1410. The third kappa shape index (κ3) is 5.73. The second-order valence-electron chi connectivity index (χ2n) is 12.0. The number of hydrogen-bond donors (Lipinski definition) is 5. The fourth-order valence-corrected chi connectivity index (χ4v) is 5.51. The van der Waals surface area contributed by atoms with E-state index in [1.807, 2.05) is 33.8 Å². The Morgan fingerprint density at radius 1 is 0.951 bits per heavy atom. The van der Waals surface area contributed by atoms with Crippen molar-refractivity contribution in [3.8, 4) is 34.5 Å². The summed E-state index contributed by atoms with van der Waals surface area (Å²) in [4.78, 5) is 25.6. The van der Waals surface area contributed by atoms with E-state index in [-0.39, 0.29) is 75.8 Å². The Hall–Kier alpha value is -3.72. The molecule has 1 aliphatic heterocycles. The lowest BCUT2D eigenvalue weighted by atomic mass is 9.77. The number of methoxy groups -OCH3 is 1. The molecule has 9 nitrogen and oxygen atoms in total. The number of phenols is 4. The van der Waals surface area contributed by atoms with Gasteiger partial charge in [0.25, 0.3) is 0 Å². The number of ketones is 2. The van der Waals surface area contributed by atoms with E-state index < -0.39 is 46.4 Å². The summed E-state index contributed by atoms with van der Waals surface area (Å²) in [6, 6.07) is 0. The number of aliphatic hydroxyl groups is 1. The molecule has 0 saturated heterocycles. The number of phenolic OH excluding ortho intramolecular Hbond substituents is 4. The summed E-state index contributed by atoms with van der Waals surface area (Å²) in [6.07, 6.45) is 1.17. The van der Waals surface area contributed by atoms with Crippen LogP contribution in [-0.4, -0.2) is 55.9 Å². The number of allylic oxidation sites excluding steroid dienone is 2. The Kier molecular flexibility index (Phi) is 9.03. The van der Waals surface area contributed by atoms with E-state index in [0.717, 1.165) is 5.57 Å². The van der Waals surface area contributed by atoms with Crippen LogP contribution in [0.1, 0.15) is 111 Å². The van der Waals surface area contributed by atoms with E-state index in [1.165, 1.54) is 21.0 Å². The summed E-state index contributed by atoms with van der Waals surface area (Å²) >= 11 is 0. The largest absolute Gasteiger partial charge is 0.507 e. The van der Waals surface area contributed by atoms with Crippen LogP contribution in [0, 0.1) is 5.92 Å². The number of aromatic hydroxyl groups is 4. The van der Waals surface area contributed by atoms with Crippen molar-refractivity contribution in [3.05, 3.63) is 45.0 Å². The van der Waals surface area contributed by atoms with Crippen molar-refractivity contribution in [3.63, 3.8) is 0 Å². The third-order valence-corrected chi connectivity index (χ3v) is 7.66.